The molecule has 1 aromatic heterocycles. The average molecular weight is 352 g/mol. The zero-order chi connectivity index (χ0) is 16.4. The van der Waals surface area contributed by atoms with Gasteiger partial charge in [-0.1, -0.05) is 41.4 Å². The van der Waals surface area contributed by atoms with E-state index in [2.05, 4.69) is 15.5 Å². The second kappa shape index (κ2) is 6.36. The van der Waals surface area contributed by atoms with Crippen molar-refractivity contribution in [3.05, 3.63) is 64.2 Å². The Morgan fingerprint density at radius 3 is 2.65 bits per heavy atom. The molecular formula is C15H8Cl2FN3O2. The van der Waals surface area contributed by atoms with Crippen LogP contribution in [0.15, 0.2) is 46.9 Å². The van der Waals surface area contributed by atoms with Crippen LogP contribution in [0.5, 0.6) is 0 Å². The molecule has 0 aliphatic rings. The van der Waals surface area contributed by atoms with Crippen LogP contribution in [-0.4, -0.2) is 16.1 Å². The number of halogens is 3. The minimum absolute atomic E-state index is 0.0922. The van der Waals surface area contributed by atoms with Crippen LogP contribution in [0.2, 0.25) is 10.0 Å². The smallest absolute Gasteiger partial charge is 0.313 e. The van der Waals surface area contributed by atoms with E-state index in [1.165, 1.54) is 18.2 Å². The van der Waals surface area contributed by atoms with Crippen molar-refractivity contribution >= 4 is 34.8 Å². The van der Waals surface area contributed by atoms with Gasteiger partial charge in [0.25, 0.3) is 5.89 Å². The Hall–Kier alpha value is -2.44. The van der Waals surface area contributed by atoms with E-state index in [9.17, 15) is 9.18 Å². The molecular weight excluding hydrogens is 344 g/mol. The monoisotopic (exact) mass is 351 g/mol. The summed E-state index contributed by atoms with van der Waals surface area (Å²) < 4.78 is 18.9. The quantitative estimate of drug-likeness (QED) is 0.757. The molecule has 0 bridgehead atoms. The molecule has 0 saturated carbocycles. The first-order valence-electron chi connectivity index (χ1n) is 6.40. The molecule has 0 aliphatic heterocycles. The fourth-order valence-electron chi connectivity index (χ4n) is 1.83. The van der Waals surface area contributed by atoms with Gasteiger partial charge < -0.3 is 9.73 Å². The van der Waals surface area contributed by atoms with Crippen LogP contribution in [0.1, 0.15) is 10.7 Å². The Kier molecular flexibility index (Phi) is 4.27. The molecule has 0 unspecified atom stereocenters. The van der Waals surface area contributed by atoms with Gasteiger partial charge in [-0.15, -0.1) is 10.2 Å². The van der Waals surface area contributed by atoms with Gasteiger partial charge in [0.15, 0.2) is 0 Å². The number of amides is 1. The van der Waals surface area contributed by atoms with Gasteiger partial charge in [-0.25, -0.2) is 4.39 Å². The zero-order valence-corrected chi connectivity index (χ0v) is 12.9. The fourth-order valence-corrected chi connectivity index (χ4v) is 2.18. The highest BCUT2D eigenvalue weighted by atomic mass is 35.5. The number of benzene rings is 2. The van der Waals surface area contributed by atoms with Crippen molar-refractivity contribution in [2.45, 2.75) is 0 Å². The van der Waals surface area contributed by atoms with Gasteiger partial charge in [-0.2, -0.15) is 0 Å². The van der Waals surface area contributed by atoms with Crippen LogP contribution in [0.25, 0.3) is 11.5 Å². The van der Waals surface area contributed by atoms with Crippen LogP contribution in [-0.2, 0) is 0 Å². The van der Waals surface area contributed by atoms with Crippen LogP contribution >= 0.6 is 23.2 Å². The fraction of sp³-hybridized carbons (Fsp3) is 0. The highest BCUT2D eigenvalue weighted by Gasteiger charge is 2.19. The molecule has 23 heavy (non-hydrogen) atoms. The van der Waals surface area contributed by atoms with Gasteiger partial charge in [0.2, 0.25) is 0 Å². The molecule has 0 fully saturated rings. The van der Waals surface area contributed by atoms with Crippen molar-refractivity contribution < 1.29 is 13.6 Å². The Morgan fingerprint density at radius 2 is 1.87 bits per heavy atom. The van der Waals surface area contributed by atoms with E-state index < -0.39 is 11.7 Å². The highest BCUT2D eigenvalue weighted by Crippen LogP contribution is 2.30. The second-order valence-electron chi connectivity index (χ2n) is 4.45. The predicted molar refractivity (Wildman–Crippen MR) is 84.1 cm³/mol. The van der Waals surface area contributed by atoms with Crippen molar-refractivity contribution in [1.82, 2.24) is 10.2 Å². The summed E-state index contributed by atoms with van der Waals surface area (Å²) >= 11 is 11.9. The Balaban J connectivity index is 1.84. The summed E-state index contributed by atoms with van der Waals surface area (Å²) in [4.78, 5) is 12.1. The number of anilines is 1. The number of rotatable bonds is 3. The van der Waals surface area contributed by atoms with E-state index in [0.717, 1.165) is 0 Å². The number of aromatic nitrogens is 2. The van der Waals surface area contributed by atoms with E-state index in [4.69, 9.17) is 27.6 Å². The zero-order valence-electron chi connectivity index (χ0n) is 11.4. The van der Waals surface area contributed by atoms with Crippen molar-refractivity contribution in [1.29, 1.82) is 0 Å². The Labute approximate surface area is 140 Å². The van der Waals surface area contributed by atoms with E-state index in [-0.39, 0.29) is 22.4 Å². The van der Waals surface area contributed by atoms with Gasteiger partial charge >= 0.3 is 11.8 Å². The first-order chi connectivity index (χ1) is 11.1. The summed E-state index contributed by atoms with van der Waals surface area (Å²) in [5.41, 5.74) is 0.412. The molecule has 1 heterocycles. The minimum atomic E-state index is -0.677. The molecule has 0 atom stereocenters. The Bertz CT molecular complexity index is 883. The van der Waals surface area contributed by atoms with Crippen LogP contribution in [0.3, 0.4) is 0 Å². The lowest BCUT2D eigenvalue weighted by molar-refractivity contribution is 0.0991. The highest BCUT2D eigenvalue weighted by molar-refractivity contribution is 6.44. The lowest BCUT2D eigenvalue weighted by Crippen LogP contribution is -2.12. The molecule has 1 amide bonds. The summed E-state index contributed by atoms with van der Waals surface area (Å²) in [6, 6.07) is 10.7. The third-order valence-electron chi connectivity index (χ3n) is 2.92. The van der Waals surface area contributed by atoms with Crippen LogP contribution < -0.4 is 5.32 Å². The van der Waals surface area contributed by atoms with E-state index in [1.54, 1.807) is 24.3 Å². The molecule has 116 valence electrons. The van der Waals surface area contributed by atoms with E-state index in [1.807, 2.05) is 0 Å². The molecule has 0 saturated heterocycles. The molecule has 5 nitrogen and oxygen atoms in total. The summed E-state index contributed by atoms with van der Waals surface area (Å²) in [7, 11) is 0. The van der Waals surface area contributed by atoms with Crippen molar-refractivity contribution in [3.63, 3.8) is 0 Å². The number of carbonyl (C=O) groups excluding carboxylic acids is 1. The number of hydrogen-bond acceptors (Lipinski definition) is 4. The van der Waals surface area contributed by atoms with Crippen LogP contribution in [0.4, 0.5) is 10.1 Å². The molecule has 3 aromatic rings. The molecule has 0 radical (unpaired) electrons. The lowest BCUT2D eigenvalue weighted by Gasteiger charge is -2.05. The summed E-state index contributed by atoms with van der Waals surface area (Å²) in [6.45, 7) is 0. The molecule has 3 rings (SSSR count). The SMILES string of the molecule is O=C(Nc1cccc(Cl)c1Cl)c1nnc(-c2ccccc2F)o1. The number of hydrogen-bond donors (Lipinski definition) is 1. The van der Waals surface area contributed by atoms with Gasteiger partial charge in [-0.05, 0) is 24.3 Å². The average Bonchev–Trinajstić information content (AvgIpc) is 3.02. The number of carbonyl (C=O) groups is 1. The van der Waals surface area contributed by atoms with Gasteiger partial charge in [0.1, 0.15) is 5.82 Å². The first kappa shape index (κ1) is 15.5. The third kappa shape index (κ3) is 3.18. The number of nitrogens with one attached hydrogen (secondary N) is 1. The lowest BCUT2D eigenvalue weighted by atomic mass is 10.2. The van der Waals surface area contributed by atoms with Crippen molar-refractivity contribution in [2.24, 2.45) is 0 Å². The maximum atomic E-state index is 13.7. The normalized spacial score (nSPS) is 10.6. The summed E-state index contributed by atoms with van der Waals surface area (Å²) in [5, 5.41) is 10.3. The summed E-state index contributed by atoms with van der Waals surface area (Å²) in [5.74, 6) is -1.62. The molecule has 2 aromatic carbocycles. The first-order valence-corrected chi connectivity index (χ1v) is 7.15. The predicted octanol–water partition coefficient (Wildman–Crippen LogP) is 4.43. The van der Waals surface area contributed by atoms with Gasteiger partial charge in [-0.3, -0.25) is 4.79 Å². The van der Waals surface area contributed by atoms with Gasteiger partial charge in [0, 0.05) is 0 Å². The molecule has 8 heteroatoms. The van der Waals surface area contributed by atoms with Crippen LogP contribution in [0, 0.1) is 5.82 Å². The van der Waals surface area contributed by atoms with E-state index in [0.29, 0.717) is 10.7 Å². The third-order valence-corrected chi connectivity index (χ3v) is 3.74. The maximum Gasteiger partial charge on any atom is 0.313 e. The molecule has 1 N–H and O–H groups in total. The van der Waals surface area contributed by atoms with Crippen molar-refractivity contribution in [2.75, 3.05) is 5.32 Å². The second-order valence-corrected chi connectivity index (χ2v) is 5.23. The minimum Gasteiger partial charge on any atom is -0.412 e. The molecule has 0 spiro atoms. The largest absolute Gasteiger partial charge is 0.412 e. The topological polar surface area (TPSA) is 68.0 Å². The molecule has 0 aliphatic carbocycles. The van der Waals surface area contributed by atoms with Crippen molar-refractivity contribution in [3.8, 4) is 11.5 Å². The van der Waals surface area contributed by atoms with E-state index >= 15 is 0 Å². The maximum absolute atomic E-state index is 13.7. The number of nitrogens with zero attached hydrogens (tertiary/aromatic N) is 2. The van der Waals surface area contributed by atoms with Gasteiger partial charge in [0.05, 0.1) is 21.3 Å². The Morgan fingerprint density at radius 1 is 1.09 bits per heavy atom. The summed E-state index contributed by atoms with van der Waals surface area (Å²) in [6.07, 6.45) is 0. The standard InChI is InChI=1S/C15H8Cl2FN3O2/c16-9-5-3-7-11(12(9)17)19-13(22)15-21-20-14(23-15)8-4-1-2-6-10(8)18/h1-7H,(H,19,22).